The van der Waals surface area contributed by atoms with Crippen molar-refractivity contribution in [2.45, 2.75) is 13.5 Å². The maximum Gasteiger partial charge on any atom is 0.337 e. The van der Waals surface area contributed by atoms with Crippen LogP contribution in [0.2, 0.25) is 0 Å². The average molecular weight is 291 g/mol. The second-order valence-corrected chi connectivity index (χ2v) is 5.49. The smallest absolute Gasteiger partial charge is 0.337 e. The van der Waals surface area contributed by atoms with Gasteiger partial charge in [-0.05, 0) is 23.6 Å². The highest BCUT2D eigenvalue weighted by atomic mass is 16.5. The maximum atomic E-state index is 11.7. The molecular weight excluding hydrogens is 270 g/mol. The SMILES string of the molecule is COC(=O)c1cccc(CN2CC(C)C(C(=O)OC)C2)c1. The molecule has 0 aromatic heterocycles. The number of ether oxygens (including phenoxy) is 2. The highest BCUT2D eigenvalue weighted by Gasteiger charge is 2.35. The van der Waals surface area contributed by atoms with E-state index in [4.69, 9.17) is 9.47 Å². The molecule has 2 atom stereocenters. The summed E-state index contributed by atoms with van der Waals surface area (Å²) in [7, 11) is 2.80. The van der Waals surface area contributed by atoms with Gasteiger partial charge in [0.15, 0.2) is 0 Å². The van der Waals surface area contributed by atoms with Gasteiger partial charge in [-0.3, -0.25) is 9.69 Å². The molecule has 2 unspecified atom stereocenters. The Bertz CT molecular complexity index is 529. The number of likely N-dealkylation sites (tertiary alicyclic amines) is 1. The Morgan fingerprint density at radius 2 is 2.00 bits per heavy atom. The van der Waals surface area contributed by atoms with E-state index >= 15 is 0 Å². The fourth-order valence-electron chi connectivity index (χ4n) is 2.83. The van der Waals surface area contributed by atoms with Gasteiger partial charge in [0, 0.05) is 19.6 Å². The third kappa shape index (κ3) is 3.61. The normalized spacial score (nSPS) is 22.0. The fraction of sp³-hybridized carbons (Fsp3) is 0.500. The molecule has 0 amide bonds. The topological polar surface area (TPSA) is 55.8 Å². The van der Waals surface area contributed by atoms with Crippen LogP contribution < -0.4 is 0 Å². The fourth-order valence-corrected chi connectivity index (χ4v) is 2.83. The first-order valence-corrected chi connectivity index (χ1v) is 7.02. The van der Waals surface area contributed by atoms with E-state index < -0.39 is 0 Å². The van der Waals surface area contributed by atoms with Gasteiger partial charge in [-0.15, -0.1) is 0 Å². The minimum Gasteiger partial charge on any atom is -0.469 e. The van der Waals surface area contributed by atoms with E-state index in [0.717, 1.165) is 12.1 Å². The first kappa shape index (κ1) is 15.5. The van der Waals surface area contributed by atoms with Crippen molar-refractivity contribution in [3.63, 3.8) is 0 Å². The number of hydrogen-bond acceptors (Lipinski definition) is 5. The highest BCUT2D eigenvalue weighted by molar-refractivity contribution is 5.89. The first-order valence-electron chi connectivity index (χ1n) is 7.02. The van der Waals surface area contributed by atoms with Gasteiger partial charge in [0.1, 0.15) is 0 Å². The minimum atomic E-state index is -0.334. The summed E-state index contributed by atoms with van der Waals surface area (Å²) in [5.74, 6) is -0.271. The summed E-state index contributed by atoms with van der Waals surface area (Å²) in [4.78, 5) is 25.4. The standard InChI is InChI=1S/C16H21NO4/c1-11-8-17(10-14(11)16(19)21-3)9-12-5-4-6-13(7-12)15(18)20-2/h4-7,11,14H,8-10H2,1-3H3. The largest absolute Gasteiger partial charge is 0.469 e. The maximum absolute atomic E-state index is 11.7. The lowest BCUT2D eigenvalue weighted by molar-refractivity contribution is -0.146. The molecule has 1 fully saturated rings. The Labute approximate surface area is 124 Å². The summed E-state index contributed by atoms with van der Waals surface area (Å²) < 4.78 is 9.57. The molecule has 0 radical (unpaired) electrons. The Morgan fingerprint density at radius 3 is 2.67 bits per heavy atom. The molecule has 0 saturated carbocycles. The number of hydrogen-bond donors (Lipinski definition) is 0. The van der Waals surface area contributed by atoms with Crippen molar-refractivity contribution in [3.05, 3.63) is 35.4 Å². The number of rotatable bonds is 4. The van der Waals surface area contributed by atoms with Crippen molar-refractivity contribution in [1.29, 1.82) is 0 Å². The van der Waals surface area contributed by atoms with Crippen LogP contribution in [-0.2, 0) is 20.8 Å². The molecule has 5 nitrogen and oxygen atoms in total. The second-order valence-electron chi connectivity index (χ2n) is 5.49. The lowest BCUT2D eigenvalue weighted by Gasteiger charge is -2.15. The average Bonchev–Trinajstić information content (AvgIpc) is 2.86. The van der Waals surface area contributed by atoms with Crippen molar-refractivity contribution in [2.24, 2.45) is 11.8 Å². The number of methoxy groups -OCH3 is 2. The van der Waals surface area contributed by atoms with Crippen molar-refractivity contribution in [3.8, 4) is 0 Å². The van der Waals surface area contributed by atoms with Crippen molar-refractivity contribution in [2.75, 3.05) is 27.3 Å². The van der Waals surface area contributed by atoms with Crippen LogP contribution in [0.15, 0.2) is 24.3 Å². The van der Waals surface area contributed by atoms with Gasteiger partial charge in [0.2, 0.25) is 0 Å². The van der Waals surface area contributed by atoms with Crippen LogP contribution in [-0.4, -0.2) is 44.1 Å². The third-order valence-corrected chi connectivity index (χ3v) is 3.95. The van der Waals surface area contributed by atoms with Crippen LogP contribution in [0.4, 0.5) is 0 Å². The summed E-state index contributed by atoms with van der Waals surface area (Å²) in [6, 6.07) is 7.39. The molecule has 1 aliphatic heterocycles. The third-order valence-electron chi connectivity index (χ3n) is 3.95. The molecule has 1 saturated heterocycles. The van der Waals surface area contributed by atoms with Gasteiger partial charge in [0.25, 0.3) is 0 Å². The molecule has 0 aliphatic carbocycles. The molecule has 21 heavy (non-hydrogen) atoms. The van der Waals surface area contributed by atoms with Gasteiger partial charge in [-0.2, -0.15) is 0 Å². The zero-order valence-electron chi connectivity index (χ0n) is 12.7. The molecule has 1 aromatic carbocycles. The Kier molecular flexibility index (Phi) is 4.96. The number of carbonyl (C=O) groups excluding carboxylic acids is 2. The summed E-state index contributed by atoms with van der Waals surface area (Å²) in [6.07, 6.45) is 0. The monoisotopic (exact) mass is 291 g/mol. The van der Waals surface area contributed by atoms with E-state index in [1.807, 2.05) is 18.2 Å². The molecule has 0 spiro atoms. The first-order chi connectivity index (χ1) is 10.0. The minimum absolute atomic E-state index is 0.0706. The lowest BCUT2D eigenvalue weighted by atomic mass is 9.99. The van der Waals surface area contributed by atoms with E-state index in [2.05, 4.69) is 11.8 Å². The summed E-state index contributed by atoms with van der Waals surface area (Å²) in [5.41, 5.74) is 1.59. The molecule has 1 aromatic rings. The molecule has 0 N–H and O–H groups in total. The number of benzene rings is 1. The van der Waals surface area contributed by atoms with Crippen LogP contribution in [0.25, 0.3) is 0 Å². The predicted molar refractivity (Wildman–Crippen MR) is 77.7 cm³/mol. The van der Waals surface area contributed by atoms with Crippen LogP contribution in [0, 0.1) is 11.8 Å². The zero-order chi connectivity index (χ0) is 15.4. The summed E-state index contributed by atoms with van der Waals surface area (Å²) in [6.45, 7) is 4.31. The number of carbonyl (C=O) groups is 2. The summed E-state index contributed by atoms with van der Waals surface area (Å²) >= 11 is 0. The highest BCUT2D eigenvalue weighted by Crippen LogP contribution is 2.25. The molecule has 114 valence electrons. The van der Waals surface area contributed by atoms with E-state index in [9.17, 15) is 9.59 Å². The Morgan fingerprint density at radius 1 is 1.24 bits per heavy atom. The molecular formula is C16H21NO4. The number of esters is 2. The predicted octanol–water partition coefficient (Wildman–Crippen LogP) is 1.71. The quantitative estimate of drug-likeness (QED) is 0.791. The van der Waals surface area contributed by atoms with Gasteiger partial charge < -0.3 is 9.47 Å². The van der Waals surface area contributed by atoms with Crippen LogP contribution in [0.3, 0.4) is 0 Å². The summed E-state index contributed by atoms with van der Waals surface area (Å²) in [5, 5.41) is 0. The van der Waals surface area contributed by atoms with Crippen molar-refractivity contribution in [1.82, 2.24) is 4.90 Å². The van der Waals surface area contributed by atoms with Gasteiger partial charge in [0.05, 0.1) is 25.7 Å². The zero-order valence-corrected chi connectivity index (χ0v) is 12.7. The van der Waals surface area contributed by atoms with Gasteiger partial charge >= 0.3 is 11.9 Å². The van der Waals surface area contributed by atoms with Gasteiger partial charge in [-0.25, -0.2) is 4.79 Å². The molecule has 0 bridgehead atoms. The molecule has 1 heterocycles. The second kappa shape index (κ2) is 6.72. The van der Waals surface area contributed by atoms with Crippen LogP contribution in [0.1, 0.15) is 22.8 Å². The van der Waals surface area contributed by atoms with Crippen LogP contribution in [0.5, 0.6) is 0 Å². The van der Waals surface area contributed by atoms with E-state index in [0.29, 0.717) is 18.7 Å². The molecule has 1 aliphatic rings. The van der Waals surface area contributed by atoms with E-state index in [-0.39, 0.29) is 23.8 Å². The molecule has 2 rings (SSSR count). The van der Waals surface area contributed by atoms with E-state index in [1.165, 1.54) is 14.2 Å². The number of nitrogens with zero attached hydrogens (tertiary/aromatic N) is 1. The van der Waals surface area contributed by atoms with Crippen LogP contribution >= 0.6 is 0 Å². The van der Waals surface area contributed by atoms with Crippen molar-refractivity contribution >= 4 is 11.9 Å². The van der Waals surface area contributed by atoms with E-state index in [1.54, 1.807) is 6.07 Å². The van der Waals surface area contributed by atoms with Crippen molar-refractivity contribution < 1.29 is 19.1 Å². The van der Waals surface area contributed by atoms with Gasteiger partial charge in [-0.1, -0.05) is 19.1 Å². The Balaban J connectivity index is 2.03. The Hall–Kier alpha value is -1.88. The molecule has 5 heteroatoms. The lowest BCUT2D eigenvalue weighted by Crippen LogP contribution is -2.24.